The molecule has 0 spiro atoms. The molecular formula is C8H20O2. The lowest BCUT2D eigenvalue weighted by atomic mass is 10.4. The van der Waals surface area contributed by atoms with E-state index in [2.05, 4.69) is 12.0 Å². The molecule has 2 heteroatoms. The molecule has 0 atom stereocenters. The monoisotopic (exact) mass is 158 g/mol. The molecule has 2 nitrogen and oxygen atoms in total. The van der Waals surface area contributed by atoms with Crippen LogP contribution < -0.4 is 0 Å². The van der Waals surface area contributed by atoms with Gasteiger partial charge in [0.1, 0.15) is 0 Å². The molecule has 0 aliphatic carbocycles. The minimum atomic E-state index is -3.48. The molecule has 0 saturated carbocycles. The van der Waals surface area contributed by atoms with Gasteiger partial charge in [-0.3, -0.25) is 0 Å². The molecule has 0 aliphatic rings. The van der Waals surface area contributed by atoms with Crippen LogP contribution in [0.15, 0.2) is 0 Å². The molecule has 0 aromatic carbocycles. The van der Waals surface area contributed by atoms with Crippen molar-refractivity contribution >= 4 is 0 Å². The Bertz CT molecular complexity index is 273. The maximum Gasteiger partial charge on any atom is 0.210 e. The first-order valence-electron chi connectivity index (χ1n) is 7.89. The van der Waals surface area contributed by atoms with Crippen molar-refractivity contribution in [3.05, 3.63) is 0 Å². The van der Waals surface area contributed by atoms with Crippen molar-refractivity contribution in [2.24, 2.45) is 0 Å². The van der Waals surface area contributed by atoms with E-state index in [4.69, 9.17) is 18.9 Å². The number of hydrogen-bond acceptors (Lipinski definition) is 2. The van der Waals surface area contributed by atoms with E-state index in [1.807, 2.05) is 0 Å². The highest BCUT2D eigenvalue weighted by Crippen LogP contribution is 1.79. The van der Waals surface area contributed by atoms with Crippen LogP contribution in [0, 0.1) is 0 Å². The van der Waals surface area contributed by atoms with Gasteiger partial charge < -0.3 is 10.2 Å². The zero-order valence-electron chi connectivity index (χ0n) is 16.0. The topological polar surface area (TPSA) is 40.5 Å². The Hall–Kier alpha value is -0.0800. The van der Waals surface area contributed by atoms with Crippen LogP contribution in [0.25, 0.3) is 0 Å². The van der Waals surface area contributed by atoms with Gasteiger partial charge in [0.2, 0.25) is 1.43 Å². The predicted octanol–water partition coefficient (Wildman–Crippen LogP) is 1.56. The van der Waals surface area contributed by atoms with Crippen molar-refractivity contribution in [2.75, 3.05) is 13.2 Å². The molecule has 10 heavy (non-hydrogen) atoms. The molecule has 2 N–H and O–H groups in total. The maximum absolute atomic E-state index is 8.07. The van der Waals surface area contributed by atoms with Crippen LogP contribution in [0.3, 0.4) is 0 Å². The van der Waals surface area contributed by atoms with Crippen LogP contribution in [0.1, 0.15) is 51.7 Å². The lowest BCUT2D eigenvalue weighted by Crippen LogP contribution is -1.75. The van der Waals surface area contributed by atoms with Gasteiger partial charge in [0.25, 0.3) is 0 Å². The molecule has 0 heterocycles. The van der Waals surface area contributed by atoms with E-state index >= 15 is 0 Å². The second-order valence-electron chi connectivity index (χ2n) is 1.43. The van der Waals surface area contributed by atoms with E-state index in [0.29, 0.717) is 6.61 Å². The van der Waals surface area contributed by atoms with Crippen molar-refractivity contribution in [3.63, 3.8) is 0 Å². The van der Waals surface area contributed by atoms with Gasteiger partial charge in [0.15, 0.2) is 0 Å². The van der Waals surface area contributed by atoms with Crippen molar-refractivity contribution < 1.29 is 22.6 Å². The summed E-state index contributed by atoms with van der Waals surface area (Å²) in [5.74, 6) is 0. The van der Waals surface area contributed by atoms with Crippen LogP contribution in [-0.4, -0.2) is 24.8 Å². The minimum Gasteiger partial charge on any atom is -0.396 e. The third-order valence-electron chi connectivity index (χ3n) is 0.625. The lowest BCUT2D eigenvalue weighted by Gasteiger charge is -1.79. The fraction of sp³-hybridized carbons (Fsp3) is 1.00. The molecule has 0 aromatic heterocycles. The maximum atomic E-state index is 8.07. The molecule has 0 fully saturated rings. The quantitative estimate of drug-likeness (QED) is 0.637. The molecule has 0 aromatic rings. The van der Waals surface area contributed by atoms with Gasteiger partial charge in [0.05, 0.1) is 2.74 Å². The smallest absolute Gasteiger partial charge is 0.210 e. The first-order chi connectivity index (χ1) is 8.72. The fourth-order valence-corrected chi connectivity index (χ4v) is 0.184. The Morgan fingerprint density at radius 3 is 2.80 bits per heavy atom. The Balaban J connectivity index is 0. The largest absolute Gasteiger partial charge is 0.396 e. The standard InChI is InChI=1S/2C4H10O/c2*1-2-3-4-5/h2*5H,2-4H2,1H3/i1D3,2D2,3D2,4D2,5D;. The average Bonchev–Trinajstić information content (AvgIpc) is 2.29. The highest BCUT2D eigenvalue weighted by molar-refractivity contribution is 4.23. The van der Waals surface area contributed by atoms with E-state index in [0.717, 1.165) is 12.8 Å². The zero-order chi connectivity index (χ0) is 16.8. The normalized spacial score (nSPS) is 28.6. The summed E-state index contributed by atoms with van der Waals surface area (Å²) < 4.78 is 68.8. The fourth-order valence-electron chi connectivity index (χ4n) is 0.184. The van der Waals surface area contributed by atoms with Gasteiger partial charge in [-0.05, 0) is 12.8 Å². The Kier molecular flexibility index (Phi) is 3.92. The summed E-state index contributed by atoms with van der Waals surface area (Å²) in [6.07, 6.45) is -4.91. The van der Waals surface area contributed by atoms with Gasteiger partial charge in [-0.2, -0.15) is 0 Å². The van der Waals surface area contributed by atoms with Crippen LogP contribution in [-0.2, 0) is 0 Å². The van der Waals surface area contributed by atoms with E-state index in [1.54, 1.807) is 0 Å². The molecule has 0 rings (SSSR count). The van der Waals surface area contributed by atoms with Gasteiger partial charge in [-0.25, -0.2) is 0 Å². The Morgan fingerprint density at radius 1 is 1.70 bits per heavy atom. The number of aliphatic hydroxyl groups excluding tert-OH is 1. The highest BCUT2D eigenvalue weighted by Gasteiger charge is 1.69. The number of unbranched alkanes of at least 4 members (excludes halogenated alkanes) is 1. The second-order valence-corrected chi connectivity index (χ2v) is 1.43. The molecular weight excluding hydrogens is 128 g/mol. The van der Waals surface area contributed by atoms with Crippen molar-refractivity contribution in [3.8, 4) is 0 Å². The van der Waals surface area contributed by atoms with Crippen LogP contribution in [0.2, 0.25) is 0 Å². The van der Waals surface area contributed by atoms with E-state index in [1.165, 1.54) is 0 Å². The summed E-state index contributed by atoms with van der Waals surface area (Å²) in [6.45, 7) is -4.32. The van der Waals surface area contributed by atoms with Gasteiger partial charge in [-0.1, -0.05) is 26.6 Å². The summed E-state index contributed by atoms with van der Waals surface area (Å²) in [4.78, 5) is 0. The predicted molar refractivity (Wildman–Crippen MR) is 44.0 cm³/mol. The SMILES string of the molecule is CCCCO.[2H]OC([2H])([2H])C([2H])([2H])C([2H])([2H])C([2H])([2H])[2H]. The zero-order valence-corrected chi connectivity index (χ0v) is 5.98. The van der Waals surface area contributed by atoms with E-state index < -0.39 is 26.2 Å². The third kappa shape index (κ3) is 24.7. The van der Waals surface area contributed by atoms with Crippen molar-refractivity contribution in [1.82, 2.24) is 0 Å². The molecule has 0 aliphatic heterocycles. The molecule has 0 amide bonds. The lowest BCUT2D eigenvalue weighted by molar-refractivity contribution is 0.286. The Morgan fingerprint density at radius 2 is 2.50 bits per heavy atom. The molecule has 0 radical (unpaired) electrons. The number of aliphatic hydroxyl groups is 2. The van der Waals surface area contributed by atoms with Crippen molar-refractivity contribution in [2.45, 2.75) is 39.4 Å². The third-order valence-corrected chi connectivity index (χ3v) is 0.625. The number of hydrogen-bond donors (Lipinski definition) is 2. The first kappa shape index (κ1) is 2.46. The Labute approximate surface area is 78.0 Å². The van der Waals surface area contributed by atoms with E-state index in [9.17, 15) is 0 Å². The summed E-state index contributed by atoms with van der Waals surface area (Å²) in [7, 11) is 0. The van der Waals surface area contributed by atoms with Gasteiger partial charge >= 0.3 is 0 Å². The van der Waals surface area contributed by atoms with Crippen LogP contribution >= 0.6 is 0 Å². The number of rotatable bonds is 5. The summed E-state index contributed by atoms with van der Waals surface area (Å²) in [5, 5.41) is 11.5. The summed E-state index contributed by atoms with van der Waals surface area (Å²) in [6, 6.07) is 0. The molecule has 0 unspecified atom stereocenters. The second kappa shape index (κ2) is 16.0. The van der Waals surface area contributed by atoms with Crippen LogP contribution in [0.4, 0.5) is 0 Å². The average molecular weight is 158 g/mol. The van der Waals surface area contributed by atoms with Crippen molar-refractivity contribution in [1.29, 1.82) is 1.43 Å². The molecule has 0 bridgehead atoms. The van der Waals surface area contributed by atoms with Gasteiger partial charge in [0, 0.05) is 22.8 Å². The molecule has 0 saturated heterocycles. The molecule has 64 valence electrons. The summed E-state index contributed by atoms with van der Waals surface area (Å²) in [5.41, 5.74) is 0. The minimum absolute atomic E-state index is 0.344. The summed E-state index contributed by atoms with van der Waals surface area (Å²) >= 11 is 0. The van der Waals surface area contributed by atoms with Crippen LogP contribution in [0.5, 0.6) is 0 Å². The highest BCUT2D eigenvalue weighted by atomic mass is 16.3. The van der Waals surface area contributed by atoms with E-state index in [-0.39, 0.29) is 0 Å². The van der Waals surface area contributed by atoms with Gasteiger partial charge in [-0.15, -0.1) is 0 Å². The first-order valence-corrected chi connectivity index (χ1v) is 2.98.